The van der Waals surface area contributed by atoms with E-state index in [0.717, 1.165) is 28.4 Å². The number of aryl methyl sites for hydroxylation is 1. The molecule has 3 N–H and O–H groups in total. The Balaban J connectivity index is 0.000000254. The summed E-state index contributed by atoms with van der Waals surface area (Å²) in [5.41, 5.74) is 8.21. The summed E-state index contributed by atoms with van der Waals surface area (Å²) < 4.78 is 15.4. The fourth-order valence-electron chi connectivity index (χ4n) is 3.26. The van der Waals surface area contributed by atoms with Gasteiger partial charge in [0.15, 0.2) is 0 Å². The molecule has 2 aromatic carbocycles. The van der Waals surface area contributed by atoms with Crippen molar-refractivity contribution in [2.75, 3.05) is 51.4 Å². The predicted molar refractivity (Wildman–Crippen MR) is 162 cm³/mol. The molecule has 4 aromatic rings. The first-order valence-electron chi connectivity index (χ1n) is 12.1. The Hall–Kier alpha value is -4.35. The highest BCUT2D eigenvalue weighted by Gasteiger charge is 2.15. The number of methoxy groups -OCH3 is 3. The quantitative estimate of drug-likeness (QED) is 0.217. The molecule has 41 heavy (non-hydrogen) atoms. The number of carbonyl (C=O) groups excluding carboxylic acids is 1. The maximum absolute atomic E-state index is 12.4. The minimum Gasteiger partial charge on any atom is -0.497 e. The third-order valence-corrected chi connectivity index (χ3v) is 5.72. The van der Waals surface area contributed by atoms with Gasteiger partial charge in [-0.25, -0.2) is 19.9 Å². The van der Waals surface area contributed by atoms with Gasteiger partial charge in [0.25, 0.3) is 0 Å². The fourth-order valence-corrected chi connectivity index (χ4v) is 3.55. The maximum atomic E-state index is 12.4. The van der Waals surface area contributed by atoms with E-state index < -0.39 is 0 Å². The minimum absolute atomic E-state index is 0.134. The molecule has 2 aromatic heterocycles. The first-order valence-corrected chi connectivity index (χ1v) is 12.9. The molecule has 0 saturated carbocycles. The van der Waals surface area contributed by atoms with Gasteiger partial charge in [-0.3, -0.25) is 9.69 Å². The van der Waals surface area contributed by atoms with Crippen LogP contribution in [-0.4, -0.2) is 61.3 Å². The Kier molecular flexibility index (Phi) is 13.4. The Morgan fingerprint density at radius 1 is 0.829 bits per heavy atom. The van der Waals surface area contributed by atoms with Gasteiger partial charge >= 0.3 is 0 Å². The molecule has 0 aliphatic heterocycles. The third-order valence-electron chi connectivity index (χ3n) is 5.30. The van der Waals surface area contributed by atoms with E-state index in [1.54, 1.807) is 65.8 Å². The molecule has 0 saturated heterocycles. The normalized spacial score (nSPS) is 9.76. The fraction of sp³-hybridized carbons (Fsp3) is 0.250. The van der Waals surface area contributed by atoms with Crippen molar-refractivity contribution in [3.63, 3.8) is 0 Å². The number of amides is 1. The Morgan fingerprint density at radius 2 is 1.39 bits per heavy atom. The van der Waals surface area contributed by atoms with Gasteiger partial charge in [-0.1, -0.05) is 23.2 Å². The lowest BCUT2D eigenvalue weighted by atomic mass is 10.1. The molecule has 2 heterocycles. The number of hydrogen-bond acceptors (Lipinski definition) is 10. The summed E-state index contributed by atoms with van der Waals surface area (Å²) >= 11 is 11.3. The number of halogens is 2. The van der Waals surface area contributed by atoms with Crippen LogP contribution in [0.25, 0.3) is 0 Å². The minimum atomic E-state index is -0.134. The third kappa shape index (κ3) is 11.3. The first kappa shape index (κ1) is 32.9. The maximum Gasteiger partial charge on any atom is 0.232 e. The van der Waals surface area contributed by atoms with Gasteiger partial charge in [0.05, 0.1) is 27.8 Å². The van der Waals surface area contributed by atoms with E-state index in [0.29, 0.717) is 22.5 Å². The van der Waals surface area contributed by atoms with E-state index in [4.69, 9.17) is 43.1 Å². The molecule has 13 heteroatoms. The average Bonchev–Trinajstić information content (AvgIpc) is 2.96. The second kappa shape index (κ2) is 16.7. The van der Waals surface area contributed by atoms with Crippen molar-refractivity contribution in [2.45, 2.75) is 13.3 Å². The number of carbonyl (C=O) groups is 1. The van der Waals surface area contributed by atoms with Crippen molar-refractivity contribution in [3.8, 4) is 17.2 Å². The molecule has 0 atom stereocenters. The smallest absolute Gasteiger partial charge is 0.232 e. The van der Waals surface area contributed by atoms with Crippen LogP contribution >= 0.6 is 23.2 Å². The van der Waals surface area contributed by atoms with Gasteiger partial charge < -0.3 is 25.3 Å². The SMILES string of the molecule is CNc1cc(Cl)ncn1.COc1cc(C)cc(N)c1.COc1cc(CC(=O)N(C)c2cc(Cl)ncn2)cc(OC)c1. The molecule has 1 amide bonds. The Bertz CT molecular complexity index is 1380. The van der Waals surface area contributed by atoms with E-state index in [9.17, 15) is 4.79 Å². The molecule has 218 valence electrons. The van der Waals surface area contributed by atoms with Crippen molar-refractivity contribution >= 4 is 46.4 Å². The molecule has 0 unspecified atom stereocenters. The number of benzene rings is 2. The van der Waals surface area contributed by atoms with Gasteiger partial charge in [0.2, 0.25) is 5.91 Å². The molecule has 11 nitrogen and oxygen atoms in total. The van der Waals surface area contributed by atoms with Crippen LogP contribution in [0.4, 0.5) is 17.3 Å². The van der Waals surface area contributed by atoms with Gasteiger partial charge in [-0.2, -0.15) is 0 Å². The number of nitrogens with two attached hydrogens (primary N) is 1. The summed E-state index contributed by atoms with van der Waals surface area (Å²) in [6, 6.07) is 14.2. The number of aromatic nitrogens is 4. The molecule has 0 aliphatic carbocycles. The zero-order chi connectivity index (χ0) is 30.4. The van der Waals surface area contributed by atoms with E-state index in [1.165, 1.54) is 23.6 Å². The van der Waals surface area contributed by atoms with Gasteiger partial charge in [-0.05, 0) is 42.3 Å². The molecule has 0 spiro atoms. The second-order valence-corrected chi connectivity index (χ2v) is 9.08. The van der Waals surface area contributed by atoms with E-state index >= 15 is 0 Å². The summed E-state index contributed by atoms with van der Waals surface area (Å²) in [5, 5.41) is 3.57. The number of rotatable bonds is 7. The zero-order valence-electron chi connectivity index (χ0n) is 23.7. The largest absolute Gasteiger partial charge is 0.497 e. The molecule has 4 rings (SSSR count). The number of ether oxygens (including phenoxy) is 3. The average molecular weight is 603 g/mol. The van der Waals surface area contributed by atoms with Crippen LogP contribution in [0.5, 0.6) is 17.2 Å². The highest BCUT2D eigenvalue weighted by molar-refractivity contribution is 6.29. The van der Waals surface area contributed by atoms with Crippen LogP contribution in [0.3, 0.4) is 0 Å². The number of nitrogen functional groups attached to an aromatic ring is 1. The summed E-state index contributed by atoms with van der Waals surface area (Å²) in [6.45, 7) is 1.98. The Labute approximate surface area is 249 Å². The van der Waals surface area contributed by atoms with Crippen LogP contribution in [-0.2, 0) is 11.2 Å². The van der Waals surface area contributed by atoms with Gasteiger partial charge in [0.1, 0.15) is 51.8 Å². The summed E-state index contributed by atoms with van der Waals surface area (Å²) in [7, 11) is 8.18. The standard InChI is InChI=1S/C15H16ClN3O3.C8H11NO.C5H6ClN3/c1-19(14-8-13(16)17-9-18-14)15(20)6-10-4-11(21-2)7-12(5-10)22-3;1-6-3-7(9)5-8(4-6)10-2;1-7-5-2-4(6)8-3-9-5/h4-5,7-9H,6H2,1-3H3;3-5H,9H2,1-2H3;2-3H,1H3,(H,7,8,9). The van der Waals surface area contributed by atoms with Crippen LogP contribution in [0.15, 0.2) is 61.2 Å². The Morgan fingerprint density at radius 3 is 1.88 bits per heavy atom. The van der Waals surface area contributed by atoms with Crippen LogP contribution in [0, 0.1) is 6.92 Å². The molecule has 0 radical (unpaired) electrons. The number of nitrogens with one attached hydrogen (secondary N) is 1. The van der Waals surface area contributed by atoms with Gasteiger partial charge in [-0.15, -0.1) is 0 Å². The summed E-state index contributed by atoms with van der Waals surface area (Å²) in [4.78, 5) is 29.2. The first-order chi connectivity index (χ1) is 19.6. The van der Waals surface area contributed by atoms with Crippen LogP contribution in [0.2, 0.25) is 10.3 Å². The topological polar surface area (TPSA) is 138 Å². The van der Waals surface area contributed by atoms with Crippen LogP contribution < -0.4 is 30.2 Å². The second-order valence-electron chi connectivity index (χ2n) is 8.31. The number of anilines is 3. The monoisotopic (exact) mass is 601 g/mol. The van der Waals surface area contributed by atoms with Crippen molar-refractivity contribution in [1.29, 1.82) is 0 Å². The van der Waals surface area contributed by atoms with Crippen molar-refractivity contribution in [1.82, 2.24) is 19.9 Å². The molecule has 0 fully saturated rings. The van der Waals surface area contributed by atoms with Crippen molar-refractivity contribution < 1.29 is 19.0 Å². The predicted octanol–water partition coefficient (Wildman–Crippen LogP) is 5.11. The lowest BCUT2D eigenvalue weighted by Crippen LogP contribution is -2.28. The van der Waals surface area contributed by atoms with E-state index in [1.807, 2.05) is 19.1 Å². The zero-order valence-corrected chi connectivity index (χ0v) is 25.2. The van der Waals surface area contributed by atoms with E-state index in [-0.39, 0.29) is 17.5 Å². The molecular weight excluding hydrogens is 569 g/mol. The van der Waals surface area contributed by atoms with Crippen molar-refractivity contribution in [2.24, 2.45) is 0 Å². The number of hydrogen-bond donors (Lipinski definition) is 2. The highest BCUT2D eigenvalue weighted by atomic mass is 35.5. The van der Waals surface area contributed by atoms with Crippen LogP contribution in [0.1, 0.15) is 11.1 Å². The number of nitrogens with zero attached hydrogens (tertiary/aromatic N) is 5. The molecule has 0 aliphatic rings. The van der Waals surface area contributed by atoms with Gasteiger partial charge in [0, 0.05) is 44.0 Å². The molecular formula is C28H33Cl2N7O4. The molecule has 0 bridgehead atoms. The van der Waals surface area contributed by atoms with Crippen molar-refractivity contribution in [3.05, 3.63) is 82.6 Å². The highest BCUT2D eigenvalue weighted by Crippen LogP contribution is 2.24. The summed E-state index contributed by atoms with van der Waals surface area (Å²) in [5.74, 6) is 3.13. The van der Waals surface area contributed by atoms with E-state index in [2.05, 4.69) is 25.3 Å². The number of likely N-dealkylation sites (N-methyl/N-ethyl adjacent to an activating group) is 1. The lowest BCUT2D eigenvalue weighted by molar-refractivity contribution is -0.117. The summed E-state index contributed by atoms with van der Waals surface area (Å²) in [6.07, 6.45) is 2.91. The lowest BCUT2D eigenvalue weighted by Gasteiger charge is -2.16.